The Morgan fingerprint density at radius 3 is 2.26 bits per heavy atom. The van der Waals surface area contributed by atoms with Gasteiger partial charge < -0.3 is 14.2 Å². The Balaban J connectivity index is 1.38. The van der Waals surface area contributed by atoms with Gasteiger partial charge in [-0.25, -0.2) is 0 Å². The summed E-state index contributed by atoms with van der Waals surface area (Å²) in [6, 6.07) is 21.8. The molecule has 9 heteroatoms. The number of carbonyl (C=O) groups excluding carboxylic acids is 2. The van der Waals surface area contributed by atoms with Crippen molar-refractivity contribution < 1.29 is 23.8 Å². The minimum atomic E-state index is -0.450. The molecule has 0 spiro atoms. The zero-order valence-electron chi connectivity index (χ0n) is 19.5. The lowest BCUT2D eigenvalue weighted by Gasteiger charge is -2.13. The summed E-state index contributed by atoms with van der Waals surface area (Å²) < 4.78 is 16.7. The zero-order valence-corrected chi connectivity index (χ0v) is 20.3. The Bertz CT molecular complexity index is 1170. The Labute approximate surface area is 209 Å². The topological polar surface area (TPSA) is 97.9 Å². The number of hydrogen-bond acceptors (Lipinski definition) is 6. The third-order valence-corrected chi connectivity index (χ3v) is 4.90. The molecular weight excluding hydrogens is 466 g/mol. The van der Waals surface area contributed by atoms with E-state index in [1.165, 1.54) is 0 Å². The van der Waals surface area contributed by atoms with Gasteiger partial charge in [0.25, 0.3) is 11.8 Å². The summed E-state index contributed by atoms with van der Waals surface area (Å²) in [7, 11) is 0. The Morgan fingerprint density at radius 1 is 0.800 bits per heavy atom. The van der Waals surface area contributed by atoms with Crippen LogP contribution in [0.1, 0.15) is 21.5 Å². The van der Waals surface area contributed by atoms with Crippen LogP contribution < -0.4 is 30.4 Å². The second-order valence-corrected chi connectivity index (χ2v) is 7.96. The lowest BCUT2D eigenvalue weighted by Crippen LogP contribution is -2.49. The predicted octanol–water partition coefficient (Wildman–Crippen LogP) is 3.48. The summed E-state index contributed by atoms with van der Waals surface area (Å²) in [6.45, 7) is 4.36. The molecule has 0 aromatic heterocycles. The number of nitrogens with one attached hydrogen (secondary N) is 3. The molecule has 8 nitrogen and oxygen atoms in total. The Kier molecular flexibility index (Phi) is 9.44. The van der Waals surface area contributed by atoms with Crippen LogP contribution in [0.4, 0.5) is 0 Å². The van der Waals surface area contributed by atoms with Gasteiger partial charge in [0.05, 0.1) is 0 Å². The minimum Gasteiger partial charge on any atom is -0.490 e. The normalized spacial score (nSPS) is 10.1. The molecule has 0 bridgehead atoms. The van der Waals surface area contributed by atoms with E-state index in [9.17, 15) is 9.59 Å². The van der Waals surface area contributed by atoms with Crippen molar-refractivity contribution in [1.29, 1.82) is 0 Å². The van der Waals surface area contributed by atoms with Crippen LogP contribution in [0.2, 0.25) is 0 Å². The first-order chi connectivity index (χ1) is 16.9. The highest BCUT2D eigenvalue weighted by atomic mass is 32.1. The fourth-order valence-electron chi connectivity index (χ4n) is 3.04. The number of thiocarbonyl (C=S) groups is 1. The van der Waals surface area contributed by atoms with Gasteiger partial charge in [0, 0.05) is 5.56 Å². The molecule has 0 aliphatic carbocycles. The van der Waals surface area contributed by atoms with Crippen molar-refractivity contribution in [2.75, 3.05) is 19.8 Å². The second-order valence-electron chi connectivity index (χ2n) is 7.55. The van der Waals surface area contributed by atoms with Crippen molar-refractivity contribution in [3.8, 4) is 17.2 Å². The molecular formula is C26H27N3O5S. The van der Waals surface area contributed by atoms with Crippen molar-refractivity contribution in [3.05, 3.63) is 89.5 Å². The smallest absolute Gasteiger partial charge is 0.276 e. The average molecular weight is 494 g/mol. The molecule has 0 saturated carbocycles. The Morgan fingerprint density at radius 2 is 1.51 bits per heavy atom. The van der Waals surface area contributed by atoms with Crippen LogP contribution >= 0.6 is 12.2 Å². The summed E-state index contributed by atoms with van der Waals surface area (Å²) in [6.07, 6.45) is 0. The molecule has 0 saturated heterocycles. The number of aryl methyl sites for hydroxylation is 2. The van der Waals surface area contributed by atoms with Crippen molar-refractivity contribution in [1.82, 2.24) is 16.2 Å². The van der Waals surface area contributed by atoms with Crippen LogP contribution in [0.15, 0.2) is 72.8 Å². The van der Waals surface area contributed by atoms with Crippen molar-refractivity contribution >= 4 is 29.1 Å². The summed E-state index contributed by atoms with van der Waals surface area (Å²) in [4.78, 5) is 24.5. The van der Waals surface area contributed by atoms with E-state index in [-0.39, 0.29) is 11.7 Å². The molecule has 0 unspecified atom stereocenters. The number of ether oxygens (including phenoxy) is 3. The van der Waals surface area contributed by atoms with Gasteiger partial charge in [-0.2, -0.15) is 0 Å². The zero-order chi connectivity index (χ0) is 25.0. The van der Waals surface area contributed by atoms with Gasteiger partial charge in [0.1, 0.15) is 30.5 Å². The van der Waals surface area contributed by atoms with E-state index in [1.807, 2.05) is 62.4 Å². The van der Waals surface area contributed by atoms with E-state index in [0.29, 0.717) is 30.3 Å². The predicted molar refractivity (Wildman–Crippen MR) is 137 cm³/mol. The summed E-state index contributed by atoms with van der Waals surface area (Å²) in [5.74, 6) is 0.999. The van der Waals surface area contributed by atoms with Crippen molar-refractivity contribution in [3.63, 3.8) is 0 Å². The molecule has 0 heterocycles. The van der Waals surface area contributed by atoms with Crippen LogP contribution in [0.3, 0.4) is 0 Å². The van der Waals surface area contributed by atoms with E-state index in [1.54, 1.807) is 24.3 Å². The molecule has 182 valence electrons. The number of amides is 2. The van der Waals surface area contributed by atoms with E-state index < -0.39 is 11.8 Å². The molecule has 3 rings (SSSR count). The van der Waals surface area contributed by atoms with Crippen LogP contribution in [0.25, 0.3) is 0 Å². The van der Waals surface area contributed by atoms with Gasteiger partial charge in [0.2, 0.25) is 0 Å². The molecule has 35 heavy (non-hydrogen) atoms. The largest absolute Gasteiger partial charge is 0.490 e. The fraction of sp³-hybridized carbons (Fsp3) is 0.192. The lowest BCUT2D eigenvalue weighted by molar-refractivity contribution is -0.123. The maximum absolute atomic E-state index is 12.5. The number of hydrazine groups is 1. The first-order valence-electron chi connectivity index (χ1n) is 10.9. The molecule has 0 aliphatic rings. The molecule has 0 atom stereocenters. The van der Waals surface area contributed by atoms with Crippen molar-refractivity contribution in [2.45, 2.75) is 13.8 Å². The van der Waals surface area contributed by atoms with Gasteiger partial charge in [-0.05, 0) is 68.0 Å². The minimum absolute atomic E-state index is 0.0579. The van der Waals surface area contributed by atoms with E-state index in [0.717, 1.165) is 16.9 Å². The van der Waals surface area contributed by atoms with E-state index in [4.69, 9.17) is 26.4 Å². The monoisotopic (exact) mass is 493 g/mol. The number of para-hydroxylation sites is 1. The standard InChI is InChI=1S/C26H27N3O5S/c1-18-11-12-23(19(2)15-18)34-17-24(30)28-29-26(35)27-25(31)20-7-6-10-22(16-20)33-14-13-32-21-8-4-3-5-9-21/h3-12,15-16H,13-14,17H2,1-2H3,(H,28,30)(H2,27,29,31,35). The summed E-state index contributed by atoms with van der Waals surface area (Å²) in [5, 5.41) is 2.44. The van der Waals surface area contributed by atoms with Crippen LogP contribution in [-0.4, -0.2) is 36.7 Å². The fourth-order valence-corrected chi connectivity index (χ4v) is 3.18. The van der Waals surface area contributed by atoms with Gasteiger partial charge in [-0.3, -0.25) is 25.8 Å². The molecule has 0 fully saturated rings. The van der Waals surface area contributed by atoms with Crippen molar-refractivity contribution in [2.24, 2.45) is 0 Å². The van der Waals surface area contributed by atoms with Gasteiger partial charge in [-0.15, -0.1) is 0 Å². The van der Waals surface area contributed by atoms with Gasteiger partial charge in [-0.1, -0.05) is 42.0 Å². The molecule has 3 aromatic carbocycles. The molecule has 3 N–H and O–H groups in total. The van der Waals surface area contributed by atoms with Gasteiger partial charge >= 0.3 is 0 Å². The van der Waals surface area contributed by atoms with E-state index >= 15 is 0 Å². The quantitative estimate of drug-likeness (QED) is 0.239. The first-order valence-corrected chi connectivity index (χ1v) is 11.3. The SMILES string of the molecule is Cc1ccc(OCC(=O)NNC(=S)NC(=O)c2cccc(OCCOc3ccccc3)c2)c(C)c1. The molecule has 0 radical (unpaired) electrons. The highest BCUT2D eigenvalue weighted by Gasteiger charge is 2.10. The Hall–Kier alpha value is -4.11. The van der Waals surface area contributed by atoms with Crippen LogP contribution in [0, 0.1) is 13.8 Å². The molecule has 0 aliphatic heterocycles. The maximum atomic E-state index is 12.5. The van der Waals surface area contributed by atoms with Crippen LogP contribution in [-0.2, 0) is 4.79 Å². The number of rotatable bonds is 9. The number of benzene rings is 3. The summed E-state index contributed by atoms with van der Waals surface area (Å²) in [5.41, 5.74) is 7.27. The third-order valence-electron chi connectivity index (χ3n) is 4.69. The number of carbonyl (C=O) groups is 2. The maximum Gasteiger partial charge on any atom is 0.276 e. The first kappa shape index (κ1) is 25.5. The van der Waals surface area contributed by atoms with Gasteiger partial charge in [0.15, 0.2) is 11.7 Å². The lowest BCUT2D eigenvalue weighted by atomic mass is 10.1. The average Bonchev–Trinajstić information content (AvgIpc) is 2.85. The highest BCUT2D eigenvalue weighted by Crippen LogP contribution is 2.18. The summed E-state index contributed by atoms with van der Waals surface area (Å²) >= 11 is 5.08. The third kappa shape index (κ3) is 8.63. The second kappa shape index (κ2) is 13.0. The molecule has 3 aromatic rings. The number of hydrogen-bond donors (Lipinski definition) is 3. The molecule has 2 amide bonds. The van der Waals surface area contributed by atoms with E-state index in [2.05, 4.69) is 16.2 Å². The van der Waals surface area contributed by atoms with Crippen LogP contribution in [0.5, 0.6) is 17.2 Å². The highest BCUT2D eigenvalue weighted by molar-refractivity contribution is 7.80.